The zero-order chi connectivity index (χ0) is 19.6. The van der Waals surface area contributed by atoms with Crippen molar-refractivity contribution in [3.05, 3.63) is 29.3 Å². The maximum Gasteiger partial charge on any atom is 0.262 e. The van der Waals surface area contributed by atoms with Crippen molar-refractivity contribution in [3.63, 3.8) is 0 Å². The lowest BCUT2D eigenvalue weighted by molar-refractivity contribution is -0.136. The summed E-state index contributed by atoms with van der Waals surface area (Å²) in [5, 5.41) is 4.84. The van der Waals surface area contributed by atoms with Gasteiger partial charge in [-0.25, -0.2) is 0 Å². The molecule has 1 aromatic rings. The highest BCUT2D eigenvalue weighted by Gasteiger charge is 2.44. The molecule has 27 heavy (non-hydrogen) atoms. The number of hydrogen-bond acceptors (Lipinski definition) is 6. The summed E-state index contributed by atoms with van der Waals surface area (Å²) in [6, 6.07) is 3.42. The molecule has 5 amide bonds. The number of anilines is 1. The van der Waals surface area contributed by atoms with Crippen LogP contribution in [0.2, 0.25) is 0 Å². The fraction of sp³-hybridized carbons (Fsp3) is 0.389. The number of fused-ring (bicyclic) bond motifs is 1. The third kappa shape index (κ3) is 3.72. The van der Waals surface area contributed by atoms with Gasteiger partial charge in [0.15, 0.2) is 0 Å². The van der Waals surface area contributed by atoms with Crippen molar-refractivity contribution in [2.75, 3.05) is 11.9 Å². The fourth-order valence-electron chi connectivity index (χ4n) is 3.20. The quantitative estimate of drug-likeness (QED) is 0.480. The predicted molar refractivity (Wildman–Crippen MR) is 94.6 cm³/mol. The van der Waals surface area contributed by atoms with Crippen molar-refractivity contribution in [2.24, 2.45) is 5.73 Å². The van der Waals surface area contributed by atoms with Gasteiger partial charge in [-0.1, -0.05) is 0 Å². The first-order chi connectivity index (χ1) is 12.9. The predicted octanol–water partition coefficient (Wildman–Crippen LogP) is 0.155. The molecular weight excluding hydrogens is 352 g/mol. The first-order valence-corrected chi connectivity index (χ1v) is 8.78. The Bertz CT molecular complexity index is 835. The summed E-state index contributed by atoms with van der Waals surface area (Å²) in [6.45, 7) is 0.513. The van der Waals surface area contributed by atoms with Crippen LogP contribution < -0.4 is 16.4 Å². The summed E-state index contributed by atoms with van der Waals surface area (Å²) in [5.74, 6) is -2.47. The van der Waals surface area contributed by atoms with Gasteiger partial charge >= 0.3 is 0 Å². The maximum absolute atomic E-state index is 12.7. The Labute approximate surface area is 155 Å². The topological polar surface area (TPSA) is 139 Å². The lowest BCUT2D eigenvalue weighted by Gasteiger charge is -2.27. The van der Waals surface area contributed by atoms with E-state index in [9.17, 15) is 24.0 Å². The zero-order valence-corrected chi connectivity index (χ0v) is 14.6. The monoisotopic (exact) mass is 372 g/mol. The molecule has 1 saturated heterocycles. The van der Waals surface area contributed by atoms with Gasteiger partial charge in [0.25, 0.3) is 11.8 Å². The van der Waals surface area contributed by atoms with Crippen LogP contribution in [0.5, 0.6) is 0 Å². The summed E-state index contributed by atoms with van der Waals surface area (Å²) in [4.78, 5) is 61.4. The minimum atomic E-state index is -1.01. The van der Waals surface area contributed by atoms with Gasteiger partial charge < -0.3 is 11.1 Å². The van der Waals surface area contributed by atoms with E-state index in [1.807, 2.05) is 0 Å². The molecule has 1 unspecified atom stereocenters. The number of unbranched alkanes of at least 4 members (excludes halogenated alkanes) is 1. The number of benzene rings is 1. The first kappa shape index (κ1) is 18.7. The second-order valence-electron chi connectivity index (χ2n) is 6.50. The Balaban J connectivity index is 1.75. The summed E-state index contributed by atoms with van der Waals surface area (Å²) in [7, 11) is 0. The number of nitrogens with two attached hydrogens (primary N) is 1. The highest BCUT2D eigenvalue weighted by Crippen LogP contribution is 2.29. The number of carbonyl (C=O) groups excluding carboxylic acids is 5. The number of amides is 5. The molecule has 3 rings (SSSR count). The van der Waals surface area contributed by atoms with Crippen molar-refractivity contribution in [1.82, 2.24) is 10.2 Å². The SMILES string of the molecule is NCCCCC(=O)Nc1ccc2c(c1)C(=O)N(C1CCC(=O)NC1=O)C2=O. The average Bonchev–Trinajstić information content (AvgIpc) is 2.86. The molecule has 0 saturated carbocycles. The number of rotatable bonds is 6. The molecule has 1 fully saturated rings. The van der Waals surface area contributed by atoms with Crippen molar-refractivity contribution >= 4 is 35.2 Å². The lowest BCUT2D eigenvalue weighted by atomic mass is 10.0. The van der Waals surface area contributed by atoms with Crippen LogP contribution in [0.25, 0.3) is 0 Å². The second kappa shape index (κ2) is 7.67. The molecular formula is C18H20N4O5. The van der Waals surface area contributed by atoms with Crippen LogP contribution in [0.1, 0.15) is 52.8 Å². The van der Waals surface area contributed by atoms with Gasteiger partial charge in [-0.2, -0.15) is 0 Å². The van der Waals surface area contributed by atoms with Crippen LogP contribution in [0, 0.1) is 0 Å². The molecule has 9 nitrogen and oxygen atoms in total. The molecule has 1 aromatic carbocycles. The van der Waals surface area contributed by atoms with Crippen LogP contribution >= 0.6 is 0 Å². The highest BCUT2D eigenvalue weighted by atomic mass is 16.2. The third-order valence-corrected chi connectivity index (χ3v) is 4.58. The minimum Gasteiger partial charge on any atom is -0.330 e. The van der Waals surface area contributed by atoms with Crippen molar-refractivity contribution < 1.29 is 24.0 Å². The number of hydrogen-bond donors (Lipinski definition) is 3. The minimum absolute atomic E-state index is 0.0634. The van der Waals surface area contributed by atoms with E-state index in [1.54, 1.807) is 6.07 Å². The average molecular weight is 372 g/mol. The van der Waals surface area contributed by atoms with Crippen molar-refractivity contribution in [3.8, 4) is 0 Å². The summed E-state index contributed by atoms with van der Waals surface area (Å²) in [5.41, 5.74) is 6.10. The second-order valence-corrected chi connectivity index (χ2v) is 6.50. The van der Waals surface area contributed by atoms with Crippen LogP contribution in [-0.2, 0) is 14.4 Å². The summed E-state index contributed by atoms with van der Waals surface area (Å²) >= 11 is 0. The van der Waals surface area contributed by atoms with Gasteiger partial charge in [-0.05, 0) is 44.0 Å². The molecule has 9 heteroatoms. The molecule has 0 radical (unpaired) electrons. The van der Waals surface area contributed by atoms with Gasteiger partial charge in [-0.15, -0.1) is 0 Å². The molecule has 1 atom stereocenters. The Kier molecular flexibility index (Phi) is 5.31. The molecule has 0 aliphatic carbocycles. The Morgan fingerprint density at radius 3 is 2.59 bits per heavy atom. The van der Waals surface area contributed by atoms with Gasteiger partial charge in [-0.3, -0.25) is 34.2 Å². The van der Waals surface area contributed by atoms with E-state index in [-0.39, 0.29) is 29.9 Å². The Morgan fingerprint density at radius 2 is 1.89 bits per heavy atom. The van der Waals surface area contributed by atoms with Gasteiger partial charge in [0.2, 0.25) is 17.7 Å². The van der Waals surface area contributed by atoms with Crippen LogP contribution in [0.4, 0.5) is 5.69 Å². The molecule has 0 bridgehead atoms. The number of nitrogens with zero attached hydrogens (tertiary/aromatic N) is 1. The molecule has 2 aliphatic rings. The molecule has 4 N–H and O–H groups in total. The van der Waals surface area contributed by atoms with E-state index in [0.717, 1.165) is 11.3 Å². The summed E-state index contributed by atoms with van der Waals surface area (Å²) < 4.78 is 0. The molecule has 0 spiro atoms. The standard InChI is InChI=1S/C18H20N4O5/c19-8-2-1-3-14(23)20-10-4-5-11-12(9-10)18(27)22(17(11)26)13-6-7-15(24)21-16(13)25/h4-5,9,13H,1-3,6-8,19H2,(H,20,23)(H,21,24,25). The number of carbonyl (C=O) groups is 5. The number of piperidine rings is 1. The van der Waals surface area contributed by atoms with Gasteiger partial charge in [0, 0.05) is 18.5 Å². The molecule has 0 aromatic heterocycles. The van der Waals surface area contributed by atoms with E-state index >= 15 is 0 Å². The molecule has 2 heterocycles. The Hall–Kier alpha value is -3.07. The maximum atomic E-state index is 12.7. The first-order valence-electron chi connectivity index (χ1n) is 8.78. The number of imide groups is 2. The van der Waals surface area contributed by atoms with E-state index in [1.165, 1.54) is 12.1 Å². The van der Waals surface area contributed by atoms with E-state index in [4.69, 9.17) is 5.73 Å². The zero-order valence-electron chi connectivity index (χ0n) is 14.6. The van der Waals surface area contributed by atoms with Crippen LogP contribution in [0.15, 0.2) is 18.2 Å². The van der Waals surface area contributed by atoms with Crippen LogP contribution in [0.3, 0.4) is 0 Å². The number of nitrogens with one attached hydrogen (secondary N) is 2. The summed E-state index contributed by atoms with van der Waals surface area (Å²) in [6.07, 6.45) is 1.87. The van der Waals surface area contributed by atoms with E-state index < -0.39 is 29.7 Å². The highest BCUT2D eigenvalue weighted by molar-refractivity contribution is 6.23. The third-order valence-electron chi connectivity index (χ3n) is 4.58. The van der Waals surface area contributed by atoms with Crippen molar-refractivity contribution in [1.29, 1.82) is 0 Å². The van der Waals surface area contributed by atoms with E-state index in [0.29, 0.717) is 25.1 Å². The smallest absolute Gasteiger partial charge is 0.262 e. The molecule has 142 valence electrons. The van der Waals surface area contributed by atoms with Gasteiger partial charge in [0.1, 0.15) is 6.04 Å². The largest absolute Gasteiger partial charge is 0.330 e. The Morgan fingerprint density at radius 1 is 1.15 bits per heavy atom. The molecule has 2 aliphatic heterocycles. The van der Waals surface area contributed by atoms with E-state index in [2.05, 4.69) is 10.6 Å². The fourth-order valence-corrected chi connectivity index (χ4v) is 3.20. The van der Waals surface area contributed by atoms with Crippen LogP contribution in [-0.4, -0.2) is 47.0 Å². The van der Waals surface area contributed by atoms with Gasteiger partial charge in [0.05, 0.1) is 11.1 Å². The lowest BCUT2D eigenvalue weighted by Crippen LogP contribution is -2.54. The van der Waals surface area contributed by atoms with Crippen molar-refractivity contribution in [2.45, 2.75) is 38.1 Å². The normalized spacial score (nSPS) is 19.1.